The Labute approximate surface area is 127 Å². The molecule has 2 rings (SSSR count). The Morgan fingerprint density at radius 2 is 1.68 bits per heavy atom. The van der Waals surface area contributed by atoms with E-state index in [9.17, 15) is 5.11 Å². The first-order chi connectivity index (χ1) is 9.31. The van der Waals surface area contributed by atoms with Crippen LogP contribution in [0.5, 0.6) is 0 Å². The third kappa shape index (κ3) is 4.37. The van der Waals surface area contributed by atoms with E-state index >= 15 is 0 Å². The van der Waals surface area contributed by atoms with Gasteiger partial charge in [0, 0.05) is 21.9 Å². The largest absolute Gasteiger partial charge is 0.396 e. The van der Waals surface area contributed by atoms with Crippen LogP contribution >= 0.6 is 27.7 Å². The van der Waals surface area contributed by atoms with Gasteiger partial charge in [-0.05, 0) is 35.9 Å². The van der Waals surface area contributed by atoms with Crippen molar-refractivity contribution in [2.24, 2.45) is 0 Å². The van der Waals surface area contributed by atoms with Crippen molar-refractivity contribution in [1.29, 1.82) is 0 Å². The second-order valence-corrected chi connectivity index (χ2v) is 6.37. The summed E-state index contributed by atoms with van der Waals surface area (Å²) in [6.07, 6.45) is 0.971. The van der Waals surface area contributed by atoms with E-state index in [1.165, 1.54) is 10.5 Å². The summed E-state index contributed by atoms with van der Waals surface area (Å²) in [6.45, 7) is 0.192. The third-order valence-electron chi connectivity index (χ3n) is 3.04. The lowest BCUT2D eigenvalue weighted by Crippen LogP contribution is -2.06. The van der Waals surface area contributed by atoms with Crippen LogP contribution in [0.4, 0.5) is 0 Å². The van der Waals surface area contributed by atoms with Gasteiger partial charge in [0.15, 0.2) is 0 Å². The Morgan fingerprint density at radius 3 is 2.37 bits per heavy atom. The molecule has 0 saturated heterocycles. The van der Waals surface area contributed by atoms with Gasteiger partial charge in [-0.1, -0.05) is 52.3 Å². The molecule has 0 bridgehead atoms. The highest BCUT2D eigenvalue weighted by Gasteiger charge is 2.13. The molecule has 100 valence electrons. The van der Waals surface area contributed by atoms with Crippen molar-refractivity contribution >= 4 is 27.7 Å². The average Bonchev–Trinajstić information content (AvgIpc) is 2.46. The molecule has 1 nitrogen and oxygen atoms in total. The number of thioether (sulfide) groups is 1. The third-order valence-corrected chi connectivity index (χ3v) is 4.81. The molecule has 2 aromatic carbocycles. The Morgan fingerprint density at radius 1 is 1.00 bits per heavy atom. The summed E-state index contributed by atoms with van der Waals surface area (Å²) in [4.78, 5) is 1.28. The van der Waals surface area contributed by atoms with Crippen molar-refractivity contribution in [3.05, 3.63) is 64.6 Å². The molecular weight excluding hydrogens is 320 g/mol. The molecule has 1 unspecified atom stereocenters. The predicted octanol–water partition coefficient (Wildman–Crippen LogP) is 4.71. The number of rotatable bonds is 6. The first-order valence-corrected chi connectivity index (χ1v) is 8.12. The average molecular weight is 337 g/mol. The van der Waals surface area contributed by atoms with Crippen LogP contribution in [0.3, 0.4) is 0 Å². The number of hydrogen-bond acceptors (Lipinski definition) is 2. The van der Waals surface area contributed by atoms with Gasteiger partial charge in [0.05, 0.1) is 0 Å². The van der Waals surface area contributed by atoms with E-state index < -0.39 is 0 Å². The molecule has 19 heavy (non-hydrogen) atoms. The smallest absolute Gasteiger partial charge is 0.0500 e. The summed E-state index contributed by atoms with van der Waals surface area (Å²) in [5.74, 6) is 1.21. The maximum absolute atomic E-state index is 9.57. The summed E-state index contributed by atoms with van der Waals surface area (Å²) in [5, 5.41) is 9.57. The van der Waals surface area contributed by atoms with Gasteiger partial charge in [0.25, 0.3) is 0 Å². The molecular formula is C16H17BrOS. The lowest BCUT2D eigenvalue weighted by atomic mass is 9.98. The van der Waals surface area contributed by atoms with E-state index in [1.54, 1.807) is 0 Å². The molecule has 0 spiro atoms. The highest BCUT2D eigenvalue weighted by Crippen LogP contribution is 2.29. The first-order valence-electron chi connectivity index (χ1n) is 6.34. The van der Waals surface area contributed by atoms with Crippen molar-refractivity contribution < 1.29 is 5.11 Å². The molecule has 0 aliphatic heterocycles. The van der Waals surface area contributed by atoms with E-state index in [-0.39, 0.29) is 12.5 Å². The fourth-order valence-corrected chi connectivity index (χ4v) is 3.58. The second kappa shape index (κ2) is 7.73. The van der Waals surface area contributed by atoms with E-state index in [0.29, 0.717) is 0 Å². The zero-order valence-electron chi connectivity index (χ0n) is 10.6. The van der Waals surface area contributed by atoms with Crippen LogP contribution in [0, 0.1) is 0 Å². The van der Waals surface area contributed by atoms with Crippen molar-refractivity contribution in [1.82, 2.24) is 0 Å². The van der Waals surface area contributed by atoms with Crippen LogP contribution in [0.25, 0.3) is 0 Å². The molecule has 3 heteroatoms. The zero-order valence-corrected chi connectivity index (χ0v) is 13.0. The molecule has 0 amide bonds. The van der Waals surface area contributed by atoms with Crippen molar-refractivity contribution in [3.8, 4) is 0 Å². The molecule has 2 aromatic rings. The number of hydrogen-bond donors (Lipinski definition) is 1. The molecule has 1 atom stereocenters. The number of halogens is 1. The van der Waals surface area contributed by atoms with E-state index in [2.05, 4.69) is 46.3 Å². The minimum atomic E-state index is 0.192. The second-order valence-electron chi connectivity index (χ2n) is 4.35. The summed E-state index contributed by atoms with van der Waals surface area (Å²) in [5.41, 5.74) is 1.19. The number of aliphatic hydroxyl groups is 1. The molecule has 0 aromatic heterocycles. The quantitative estimate of drug-likeness (QED) is 0.771. The van der Waals surface area contributed by atoms with Gasteiger partial charge in [0.1, 0.15) is 0 Å². The summed E-state index contributed by atoms with van der Waals surface area (Å²) < 4.78 is 1.08. The molecule has 0 aliphatic rings. The van der Waals surface area contributed by atoms with Crippen LogP contribution in [0.1, 0.15) is 17.9 Å². The maximum atomic E-state index is 9.57. The lowest BCUT2D eigenvalue weighted by molar-refractivity contribution is 0.262. The van der Waals surface area contributed by atoms with E-state index in [0.717, 1.165) is 16.6 Å². The van der Waals surface area contributed by atoms with Crippen LogP contribution in [0.2, 0.25) is 0 Å². The summed E-state index contributed by atoms with van der Waals surface area (Å²) >= 11 is 5.39. The van der Waals surface area contributed by atoms with Gasteiger partial charge in [0.2, 0.25) is 0 Å². The molecule has 1 N–H and O–H groups in total. The maximum Gasteiger partial charge on any atom is 0.0500 e. The minimum Gasteiger partial charge on any atom is -0.396 e. The van der Waals surface area contributed by atoms with Gasteiger partial charge in [-0.15, -0.1) is 11.8 Å². The summed E-state index contributed by atoms with van der Waals surface area (Å²) in [6, 6.07) is 18.5. The van der Waals surface area contributed by atoms with Crippen LogP contribution in [-0.4, -0.2) is 17.5 Å². The van der Waals surface area contributed by atoms with Crippen molar-refractivity contribution in [3.63, 3.8) is 0 Å². The van der Waals surface area contributed by atoms with Crippen LogP contribution in [0.15, 0.2) is 64.0 Å². The van der Waals surface area contributed by atoms with E-state index in [1.807, 2.05) is 36.0 Å². The highest BCUT2D eigenvalue weighted by molar-refractivity contribution is 9.10. The van der Waals surface area contributed by atoms with Gasteiger partial charge < -0.3 is 5.11 Å². The standard InChI is InChI=1S/C16H17BrOS/c17-16-9-5-4-8-15(16)13(12-18)10-11-19-14-6-2-1-3-7-14/h1-9,13,18H,10-12H2. The number of aliphatic hydroxyl groups excluding tert-OH is 1. The van der Waals surface area contributed by atoms with Gasteiger partial charge >= 0.3 is 0 Å². The first kappa shape index (κ1) is 14.6. The Bertz CT molecular complexity index is 501. The minimum absolute atomic E-state index is 0.192. The normalized spacial score (nSPS) is 12.3. The fraction of sp³-hybridized carbons (Fsp3) is 0.250. The lowest BCUT2D eigenvalue weighted by Gasteiger charge is -2.16. The van der Waals surface area contributed by atoms with Crippen molar-refractivity contribution in [2.45, 2.75) is 17.2 Å². The predicted molar refractivity (Wildman–Crippen MR) is 85.8 cm³/mol. The van der Waals surface area contributed by atoms with Crippen LogP contribution < -0.4 is 0 Å². The SMILES string of the molecule is OCC(CCSc1ccccc1)c1ccccc1Br. The zero-order chi connectivity index (χ0) is 13.5. The van der Waals surface area contributed by atoms with Gasteiger partial charge in [-0.25, -0.2) is 0 Å². The molecule has 0 aliphatic carbocycles. The molecule has 0 fully saturated rings. The fourth-order valence-electron chi connectivity index (χ4n) is 1.99. The van der Waals surface area contributed by atoms with E-state index in [4.69, 9.17) is 0 Å². The van der Waals surface area contributed by atoms with Gasteiger partial charge in [-0.3, -0.25) is 0 Å². The highest BCUT2D eigenvalue weighted by atomic mass is 79.9. The Hall–Kier alpha value is -0.770. The topological polar surface area (TPSA) is 20.2 Å². The molecule has 0 radical (unpaired) electrons. The summed E-state index contributed by atoms with van der Waals surface area (Å²) in [7, 11) is 0. The number of benzene rings is 2. The van der Waals surface area contributed by atoms with Gasteiger partial charge in [-0.2, -0.15) is 0 Å². The van der Waals surface area contributed by atoms with Crippen molar-refractivity contribution in [2.75, 3.05) is 12.4 Å². The molecule has 0 saturated carbocycles. The van der Waals surface area contributed by atoms with Crippen LogP contribution in [-0.2, 0) is 0 Å². The monoisotopic (exact) mass is 336 g/mol. The molecule has 0 heterocycles. The Kier molecular flexibility index (Phi) is 5.95. The Balaban J connectivity index is 1.92.